The predicted molar refractivity (Wildman–Crippen MR) is 44.6 cm³/mol. The van der Waals surface area contributed by atoms with E-state index in [1.807, 2.05) is 0 Å². The fourth-order valence-electron chi connectivity index (χ4n) is 2.77. The van der Waals surface area contributed by atoms with E-state index in [4.69, 9.17) is 0 Å². The van der Waals surface area contributed by atoms with E-state index in [0.29, 0.717) is 18.3 Å². The van der Waals surface area contributed by atoms with Crippen molar-refractivity contribution < 1.29 is 9.59 Å². The minimum Gasteiger partial charge on any atom is -0.303 e. The number of rotatable bonds is 1. The number of ketones is 1. The summed E-state index contributed by atoms with van der Waals surface area (Å²) in [5.74, 6) is 0.905. The molecule has 0 heterocycles. The van der Waals surface area contributed by atoms with Crippen molar-refractivity contribution >= 4 is 12.1 Å². The molecule has 0 N–H and O–H groups in total. The Morgan fingerprint density at radius 1 is 1.25 bits per heavy atom. The Bertz CT molecular complexity index is 210. The van der Waals surface area contributed by atoms with Crippen LogP contribution in [0.2, 0.25) is 0 Å². The van der Waals surface area contributed by atoms with Crippen LogP contribution >= 0.6 is 0 Å². The first-order chi connectivity index (χ1) is 5.83. The summed E-state index contributed by atoms with van der Waals surface area (Å²) in [6.45, 7) is 0. The number of aldehydes is 1. The highest BCUT2D eigenvalue weighted by Gasteiger charge is 2.42. The summed E-state index contributed by atoms with van der Waals surface area (Å²) in [5.41, 5.74) is 0. The number of carbonyl (C=O) groups excluding carboxylic acids is 2. The van der Waals surface area contributed by atoms with Gasteiger partial charge in [0.2, 0.25) is 0 Å². The highest BCUT2D eigenvalue weighted by molar-refractivity contribution is 5.95. The Balaban J connectivity index is 2.15. The number of Topliss-reactive ketones (excluding diaryl/α,β-unsaturated/α-hetero) is 1. The normalized spacial score (nSPS) is 41.0. The van der Waals surface area contributed by atoms with Gasteiger partial charge in [0.15, 0.2) is 0 Å². The zero-order valence-corrected chi connectivity index (χ0v) is 7.16. The molecule has 0 aromatic heterocycles. The van der Waals surface area contributed by atoms with E-state index in [1.165, 1.54) is 19.3 Å². The average molecular weight is 166 g/mol. The largest absolute Gasteiger partial charge is 0.303 e. The Kier molecular flexibility index (Phi) is 1.99. The van der Waals surface area contributed by atoms with Crippen molar-refractivity contribution in [1.29, 1.82) is 0 Å². The van der Waals surface area contributed by atoms with Crippen LogP contribution in [0.3, 0.4) is 0 Å². The fourth-order valence-corrected chi connectivity index (χ4v) is 2.77. The summed E-state index contributed by atoms with van der Waals surface area (Å²) in [6.07, 6.45) is 6.27. The zero-order valence-electron chi connectivity index (χ0n) is 7.16. The molecule has 2 saturated carbocycles. The molecule has 2 nitrogen and oxygen atoms in total. The van der Waals surface area contributed by atoms with Crippen LogP contribution in [0.5, 0.6) is 0 Å². The van der Waals surface area contributed by atoms with Gasteiger partial charge in [0.05, 0.1) is 5.92 Å². The van der Waals surface area contributed by atoms with Gasteiger partial charge in [0, 0.05) is 6.42 Å². The summed E-state index contributed by atoms with van der Waals surface area (Å²) >= 11 is 0. The van der Waals surface area contributed by atoms with E-state index in [2.05, 4.69) is 0 Å². The van der Waals surface area contributed by atoms with Crippen LogP contribution in [-0.4, -0.2) is 12.1 Å². The highest BCUT2D eigenvalue weighted by Crippen LogP contribution is 2.42. The van der Waals surface area contributed by atoms with Crippen molar-refractivity contribution in [3.8, 4) is 0 Å². The highest BCUT2D eigenvalue weighted by atomic mass is 16.1. The topological polar surface area (TPSA) is 34.1 Å². The minimum atomic E-state index is -0.240. The van der Waals surface area contributed by atoms with Gasteiger partial charge < -0.3 is 4.79 Å². The van der Waals surface area contributed by atoms with Crippen LogP contribution in [0, 0.1) is 17.8 Å². The van der Waals surface area contributed by atoms with E-state index in [9.17, 15) is 9.59 Å². The second-order valence-electron chi connectivity index (χ2n) is 4.04. The smallest absolute Gasteiger partial charge is 0.143 e. The van der Waals surface area contributed by atoms with Crippen LogP contribution in [0.4, 0.5) is 0 Å². The summed E-state index contributed by atoms with van der Waals surface area (Å²) in [4.78, 5) is 22.0. The molecule has 66 valence electrons. The Morgan fingerprint density at radius 3 is 2.75 bits per heavy atom. The van der Waals surface area contributed by atoms with Crippen LogP contribution in [0.1, 0.15) is 32.1 Å². The summed E-state index contributed by atoms with van der Waals surface area (Å²) in [7, 11) is 0. The molecule has 2 aliphatic rings. The second kappa shape index (κ2) is 3.00. The van der Waals surface area contributed by atoms with Gasteiger partial charge in [-0.1, -0.05) is 12.8 Å². The molecular formula is C10H14O2. The standard InChI is InChI=1S/C10H14O2/c11-6-9-8-4-2-1-3-7(8)5-10(9)12/h6-9H,1-5H2. The molecule has 0 aromatic rings. The van der Waals surface area contributed by atoms with Gasteiger partial charge in [-0.3, -0.25) is 4.79 Å². The molecule has 2 aliphatic carbocycles. The first-order valence-electron chi connectivity index (χ1n) is 4.81. The fraction of sp³-hybridized carbons (Fsp3) is 0.800. The second-order valence-corrected chi connectivity index (χ2v) is 4.04. The molecule has 2 fully saturated rings. The van der Waals surface area contributed by atoms with Crippen LogP contribution < -0.4 is 0 Å². The van der Waals surface area contributed by atoms with Gasteiger partial charge in [0.25, 0.3) is 0 Å². The van der Waals surface area contributed by atoms with Crippen molar-refractivity contribution in [1.82, 2.24) is 0 Å². The third kappa shape index (κ3) is 1.10. The van der Waals surface area contributed by atoms with Crippen LogP contribution in [0.25, 0.3) is 0 Å². The predicted octanol–water partition coefficient (Wildman–Crippen LogP) is 1.58. The number of hydrogen-bond donors (Lipinski definition) is 0. The molecule has 0 spiro atoms. The maximum absolute atomic E-state index is 11.3. The molecule has 0 saturated heterocycles. The molecule has 12 heavy (non-hydrogen) atoms. The summed E-state index contributed by atoms with van der Waals surface area (Å²) in [6, 6.07) is 0. The van der Waals surface area contributed by atoms with Crippen molar-refractivity contribution in [3.63, 3.8) is 0 Å². The number of fused-ring (bicyclic) bond motifs is 1. The van der Waals surface area contributed by atoms with Crippen molar-refractivity contribution in [3.05, 3.63) is 0 Å². The molecule has 0 radical (unpaired) electrons. The SMILES string of the molecule is O=CC1C(=O)CC2CCCCC21. The van der Waals surface area contributed by atoms with Gasteiger partial charge in [-0.15, -0.1) is 0 Å². The lowest BCUT2D eigenvalue weighted by Crippen LogP contribution is -2.21. The van der Waals surface area contributed by atoms with E-state index >= 15 is 0 Å². The average Bonchev–Trinajstić information content (AvgIpc) is 2.40. The van der Waals surface area contributed by atoms with E-state index in [0.717, 1.165) is 12.7 Å². The van der Waals surface area contributed by atoms with Crippen LogP contribution in [0.15, 0.2) is 0 Å². The maximum atomic E-state index is 11.3. The molecule has 3 unspecified atom stereocenters. The zero-order chi connectivity index (χ0) is 8.55. The first kappa shape index (κ1) is 7.96. The summed E-state index contributed by atoms with van der Waals surface area (Å²) < 4.78 is 0. The van der Waals surface area contributed by atoms with E-state index < -0.39 is 0 Å². The Hall–Kier alpha value is -0.660. The number of carbonyl (C=O) groups is 2. The lowest BCUT2D eigenvalue weighted by molar-refractivity contribution is -0.126. The lowest BCUT2D eigenvalue weighted by atomic mass is 9.78. The molecule has 0 aliphatic heterocycles. The van der Waals surface area contributed by atoms with Gasteiger partial charge in [0.1, 0.15) is 12.1 Å². The van der Waals surface area contributed by atoms with Gasteiger partial charge in [-0.2, -0.15) is 0 Å². The molecule has 0 aromatic carbocycles. The molecule has 0 amide bonds. The third-order valence-corrected chi connectivity index (χ3v) is 3.41. The van der Waals surface area contributed by atoms with E-state index in [-0.39, 0.29) is 11.7 Å². The quantitative estimate of drug-likeness (QED) is 0.438. The Morgan fingerprint density at radius 2 is 2.00 bits per heavy atom. The monoisotopic (exact) mass is 166 g/mol. The molecule has 2 heteroatoms. The number of hydrogen-bond acceptors (Lipinski definition) is 2. The summed E-state index contributed by atoms with van der Waals surface area (Å²) in [5, 5.41) is 0. The Labute approximate surface area is 72.3 Å². The minimum absolute atomic E-state index is 0.196. The maximum Gasteiger partial charge on any atom is 0.143 e. The van der Waals surface area contributed by atoms with Crippen molar-refractivity contribution in [2.45, 2.75) is 32.1 Å². The first-order valence-corrected chi connectivity index (χ1v) is 4.81. The van der Waals surface area contributed by atoms with E-state index in [1.54, 1.807) is 0 Å². The van der Waals surface area contributed by atoms with Crippen LogP contribution in [-0.2, 0) is 9.59 Å². The molecule has 0 bridgehead atoms. The molecular weight excluding hydrogens is 152 g/mol. The van der Waals surface area contributed by atoms with Gasteiger partial charge >= 0.3 is 0 Å². The van der Waals surface area contributed by atoms with Crippen molar-refractivity contribution in [2.75, 3.05) is 0 Å². The third-order valence-electron chi connectivity index (χ3n) is 3.41. The lowest BCUT2D eigenvalue weighted by Gasteiger charge is -2.25. The molecule has 3 atom stereocenters. The molecule has 2 rings (SSSR count). The van der Waals surface area contributed by atoms with Crippen molar-refractivity contribution in [2.24, 2.45) is 17.8 Å². The van der Waals surface area contributed by atoms with Gasteiger partial charge in [-0.05, 0) is 24.7 Å². The van der Waals surface area contributed by atoms with Gasteiger partial charge in [-0.25, -0.2) is 0 Å².